The number of rotatable bonds is 7. The maximum absolute atomic E-state index is 11.2. The maximum atomic E-state index is 11.2. The Balaban J connectivity index is 2.60. The van der Waals surface area contributed by atoms with Gasteiger partial charge < -0.3 is 20.3 Å². The molecule has 0 saturated carbocycles. The molecule has 1 rings (SSSR count). The molecular formula is C17H23NO3. The number of carbonyl (C=O) groups excluding carboxylic acids is 1. The van der Waals surface area contributed by atoms with E-state index < -0.39 is 17.6 Å². The number of hydrogen-bond donors (Lipinski definition) is 2. The number of carboxylic acid groups (broad SMARTS) is 1. The lowest BCUT2D eigenvalue weighted by atomic mass is 10.0. The van der Waals surface area contributed by atoms with Crippen molar-refractivity contribution in [2.24, 2.45) is 0 Å². The summed E-state index contributed by atoms with van der Waals surface area (Å²) < 4.78 is 0. The molecule has 0 saturated heterocycles. The van der Waals surface area contributed by atoms with E-state index in [0.29, 0.717) is 6.42 Å². The highest BCUT2D eigenvalue weighted by Gasteiger charge is 2.23. The van der Waals surface area contributed by atoms with E-state index >= 15 is 0 Å². The van der Waals surface area contributed by atoms with Crippen molar-refractivity contribution in [2.45, 2.75) is 44.8 Å². The third kappa shape index (κ3) is 6.94. The topological polar surface area (TPSA) is 77.0 Å². The van der Waals surface area contributed by atoms with E-state index in [2.05, 4.69) is 11.8 Å². The number of unbranched alkanes of at least 4 members (excludes halogenated alkanes) is 1. The Morgan fingerprint density at radius 3 is 2.67 bits per heavy atom. The summed E-state index contributed by atoms with van der Waals surface area (Å²) in [5, 5.41) is 22.9. The fraction of sp³-hybridized carbons (Fsp3) is 0.471. The zero-order valence-corrected chi connectivity index (χ0v) is 12.6. The summed E-state index contributed by atoms with van der Waals surface area (Å²) >= 11 is 0. The van der Waals surface area contributed by atoms with Gasteiger partial charge in [0.15, 0.2) is 5.60 Å². The van der Waals surface area contributed by atoms with Crippen LogP contribution in [-0.2, 0) is 11.2 Å². The van der Waals surface area contributed by atoms with E-state index in [1.165, 1.54) is 0 Å². The molecule has 2 atom stereocenters. The maximum Gasteiger partial charge on any atom is 0.171 e. The lowest BCUT2D eigenvalue weighted by molar-refractivity contribution is -0.691. The molecule has 0 aromatic heterocycles. The number of nitrogens with two attached hydrogens (primary N) is 1. The minimum absolute atomic E-state index is 0.204. The second kappa shape index (κ2) is 8.46. The summed E-state index contributed by atoms with van der Waals surface area (Å²) in [5.41, 5.74) is -0.265. The van der Waals surface area contributed by atoms with Gasteiger partial charge in [0.1, 0.15) is 12.6 Å². The Labute approximate surface area is 126 Å². The summed E-state index contributed by atoms with van der Waals surface area (Å²) in [4.78, 5) is 11.2. The van der Waals surface area contributed by atoms with Gasteiger partial charge in [0.05, 0.1) is 5.97 Å². The molecule has 0 amide bonds. The van der Waals surface area contributed by atoms with E-state index in [1.807, 2.05) is 37.3 Å². The van der Waals surface area contributed by atoms with E-state index in [9.17, 15) is 15.0 Å². The standard InChI is InChI=1S/C17H23NO3/c1-3-4-8-11-17(2,21)13-18-15(16(19)20)12-14-9-6-5-7-10-14/h5-7,9-10,15,18,21H,3-4,12-13H2,1-2H3,(H,19,20)/t15-,17+/m1/s1. The van der Waals surface area contributed by atoms with Gasteiger partial charge in [-0.15, -0.1) is 5.92 Å². The molecule has 114 valence electrons. The van der Waals surface area contributed by atoms with Gasteiger partial charge in [-0.2, -0.15) is 0 Å². The number of hydrogen-bond acceptors (Lipinski definition) is 3. The molecule has 0 bridgehead atoms. The van der Waals surface area contributed by atoms with Crippen molar-refractivity contribution >= 4 is 5.97 Å². The highest BCUT2D eigenvalue weighted by Crippen LogP contribution is 2.02. The fourth-order valence-electron chi connectivity index (χ4n) is 1.93. The van der Waals surface area contributed by atoms with Gasteiger partial charge in [-0.25, -0.2) is 0 Å². The number of quaternary nitrogens is 1. The highest BCUT2D eigenvalue weighted by atomic mass is 16.4. The van der Waals surface area contributed by atoms with Crippen LogP contribution in [0, 0.1) is 11.8 Å². The first kappa shape index (κ1) is 17.2. The van der Waals surface area contributed by atoms with E-state index in [-0.39, 0.29) is 6.54 Å². The van der Waals surface area contributed by atoms with Gasteiger partial charge >= 0.3 is 0 Å². The highest BCUT2D eigenvalue weighted by molar-refractivity contribution is 5.69. The SMILES string of the molecule is CCCC#C[C@](C)(O)C[NH2+][C@H](Cc1ccccc1)C(=O)[O-]. The summed E-state index contributed by atoms with van der Waals surface area (Å²) in [7, 11) is 0. The van der Waals surface area contributed by atoms with Gasteiger partial charge in [0.2, 0.25) is 0 Å². The van der Waals surface area contributed by atoms with Crippen LogP contribution in [0.2, 0.25) is 0 Å². The van der Waals surface area contributed by atoms with Crippen LogP contribution in [0.5, 0.6) is 0 Å². The molecule has 4 heteroatoms. The molecule has 21 heavy (non-hydrogen) atoms. The molecule has 1 aromatic carbocycles. The first-order valence-electron chi connectivity index (χ1n) is 7.25. The predicted octanol–water partition coefficient (Wildman–Crippen LogP) is -0.534. The first-order valence-corrected chi connectivity index (χ1v) is 7.25. The monoisotopic (exact) mass is 289 g/mol. The van der Waals surface area contributed by atoms with Crippen LogP contribution in [0.4, 0.5) is 0 Å². The van der Waals surface area contributed by atoms with Crippen LogP contribution in [0.25, 0.3) is 0 Å². The van der Waals surface area contributed by atoms with Gasteiger partial charge in [-0.1, -0.05) is 43.2 Å². The lowest BCUT2D eigenvalue weighted by Crippen LogP contribution is -2.96. The smallest absolute Gasteiger partial charge is 0.171 e. The molecule has 0 unspecified atom stereocenters. The van der Waals surface area contributed by atoms with Crippen molar-refractivity contribution in [1.82, 2.24) is 0 Å². The van der Waals surface area contributed by atoms with Gasteiger partial charge in [0, 0.05) is 12.8 Å². The number of aliphatic carboxylic acids is 1. The third-order valence-corrected chi connectivity index (χ3v) is 3.13. The Morgan fingerprint density at radius 2 is 2.10 bits per heavy atom. The molecule has 0 aliphatic carbocycles. The Morgan fingerprint density at radius 1 is 1.43 bits per heavy atom. The number of benzene rings is 1. The molecule has 0 aliphatic rings. The largest absolute Gasteiger partial charge is 0.544 e. The molecule has 0 radical (unpaired) electrons. The Hall–Kier alpha value is -1.83. The average Bonchev–Trinajstić information content (AvgIpc) is 2.44. The normalized spacial score (nSPS) is 14.6. The molecule has 1 aromatic rings. The Kier molecular flexibility index (Phi) is 6.93. The van der Waals surface area contributed by atoms with Crippen molar-refractivity contribution in [3.63, 3.8) is 0 Å². The van der Waals surface area contributed by atoms with E-state index in [4.69, 9.17) is 0 Å². The molecule has 0 heterocycles. The van der Waals surface area contributed by atoms with E-state index in [1.54, 1.807) is 12.2 Å². The van der Waals surface area contributed by atoms with Crippen molar-refractivity contribution in [3.8, 4) is 11.8 Å². The third-order valence-electron chi connectivity index (χ3n) is 3.13. The van der Waals surface area contributed by atoms with Crippen molar-refractivity contribution in [1.29, 1.82) is 0 Å². The summed E-state index contributed by atoms with van der Waals surface area (Å²) in [5.74, 6) is 4.55. The van der Waals surface area contributed by atoms with E-state index in [0.717, 1.165) is 18.4 Å². The quantitative estimate of drug-likeness (QED) is 0.662. The van der Waals surface area contributed by atoms with Crippen molar-refractivity contribution in [2.75, 3.05) is 6.54 Å². The summed E-state index contributed by atoms with van der Waals surface area (Å²) in [6, 6.07) is 8.65. The van der Waals surface area contributed by atoms with Crippen molar-refractivity contribution in [3.05, 3.63) is 35.9 Å². The molecule has 0 fully saturated rings. The molecule has 0 spiro atoms. The van der Waals surface area contributed by atoms with Crippen LogP contribution in [-0.4, -0.2) is 29.3 Å². The average molecular weight is 289 g/mol. The molecule has 4 nitrogen and oxygen atoms in total. The van der Waals surface area contributed by atoms with Crippen LogP contribution < -0.4 is 10.4 Å². The summed E-state index contributed by atoms with van der Waals surface area (Å²) in [6.45, 7) is 3.82. The summed E-state index contributed by atoms with van der Waals surface area (Å²) in [6.07, 6.45) is 2.02. The van der Waals surface area contributed by atoms with Crippen LogP contribution >= 0.6 is 0 Å². The first-order chi connectivity index (χ1) is 9.94. The van der Waals surface area contributed by atoms with Gasteiger partial charge in [-0.3, -0.25) is 0 Å². The number of aliphatic hydroxyl groups is 1. The minimum Gasteiger partial charge on any atom is -0.544 e. The minimum atomic E-state index is -1.19. The van der Waals surface area contributed by atoms with Crippen LogP contribution in [0.3, 0.4) is 0 Å². The number of carboxylic acids is 1. The molecular weight excluding hydrogens is 266 g/mol. The van der Waals surface area contributed by atoms with Crippen LogP contribution in [0.15, 0.2) is 30.3 Å². The van der Waals surface area contributed by atoms with Gasteiger partial charge in [0.25, 0.3) is 0 Å². The Bertz CT molecular complexity index is 500. The second-order valence-electron chi connectivity index (χ2n) is 5.38. The number of carbonyl (C=O) groups is 1. The zero-order chi connectivity index (χ0) is 15.7. The predicted molar refractivity (Wildman–Crippen MR) is 79.0 cm³/mol. The van der Waals surface area contributed by atoms with Gasteiger partial charge in [-0.05, 0) is 18.9 Å². The molecule has 3 N–H and O–H groups in total. The zero-order valence-electron chi connectivity index (χ0n) is 12.6. The lowest BCUT2D eigenvalue weighted by Gasteiger charge is -2.21. The second-order valence-corrected chi connectivity index (χ2v) is 5.38. The molecule has 0 aliphatic heterocycles. The van der Waals surface area contributed by atoms with Crippen molar-refractivity contribution < 1.29 is 20.3 Å². The fourth-order valence-corrected chi connectivity index (χ4v) is 1.93. The van der Waals surface area contributed by atoms with Crippen LogP contribution in [0.1, 0.15) is 32.3 Å².